The third-order valence-electron chi connectivity index (χ3n) is 3.13. The van der Waals surface area contributed by atoms with E-state index in [2.05, 4.69) is 10.5 Å². The number of amides is 1. The third-order valence-corrected chi connectivity index (χ3v) is 3.13. The minimum absolute atomic E-state index is 0.113. The molecule has 0 spiro atoms. The van der Waals surface area contributed by atoms with Gasteiger partial charge in [0.2, 0.25) is 5.91 Å². The van der Waals surface area contributed by atoms with Crippen molar-refractivity contribution in [2.24, 2.45) is 5.10 Å². The summed E-state index contributed by atoms with van der Waals surface area (Å²) in [6, 6.07) is 7.80. The van der Waals surface area contributed by atoms with Gasteiger partial charge in [0, 0.05) is 12.8 Å². The molecule has 0 unspecified atom stereocenters. The molecule has 0 aliphatic heterocycles. The minimum atomic E-state index is -0.765. The fraction of sp³-hybridized carbons (Fsp3) is 0.438. The van der Waals surface area contributed by atoms with Gasteiger partial charge >= 0.3 is 5.97 Å². The van der Waals surface area contributed by atoms with E-state index >= 15 is 0 Å². The van der Waals surface area contributed by atoms with E-state index in [0.717, 1.165) is 30.4 Å². The maximum Gasteiger partial charge on any atom is 0.303 e. The molecule has 1 amide bonds. The van der Waals surface area contributed by atoms with Gasteiger partial charge < -0.3 is 5.11 Å². The number of nitrogens with zero attached hydrogens (tertiary/aromatic N) is 1. The van der Waals surface area contributed by atoms with Crippen molar-refractivity contribution in [3.8, 4) is 0 Å². The zero-order valence-corrected chi connectivity index (χ0v) is 12.3. The Bertz CT molecular complexity index is 498. The number of hydrogen-bond acceptors (Lipinski definition) is 3. The van der Waals surface area contributed by atoms with Crippen molar-refractivity contribution in [1.29, 1.82) is 0 Å². The molecule has 0 aliphatic carbocycles. The van der Waals surface area contributed by atoms with Gasteiger partial charge in [-0.05, 0) is 30.9 Å². The number of aliphatic carboxylic acids is 1. The molecule has 1 aromatic rings. The van der Waals surface area contributed by atoms with Crippen LogP contribution in [0.5, 0.6) is 0 Å². The fourth-order valence-corrected chi connectivity index (χ4v) is 1.88. The van der Waals surface area contributed by atoms with Crippen molar-refractivity contribution in [3.05, 3.63) is 35.4 Å². The number of aryl methyl sites for hydroxylation is 1. The first kappa shape index (κ1) is 16.9. The highest BCUT2D eigenvalue weighted by Gasteiger charge is 2.01. The lowest BCUT2D eigenvalue weighted by atomic mass is 10.1. The van der Waals surface area contributed by atoms with E-state index in [1.54, 1.807) is 6.21 Å². The number of carboxylic acids is 1. The number of hydrogen-bond donors (Lipinski definition) is 2. The van der Waals surface area contributed by atoms with Crippen LogP contribution in [0, 0.1) is 6.92 Å². The van der Waals surface area contributed by atoms with Crippen LogP contribution >= 0.6 is 0 Å². The monoisotopic (exact) mass is 290 g/mol. The molecular formula is C16H22N2O3. The normalized spacial score (nSPS) is 10.7. The largest absolute Gasteiger partial charge is 0.481 e. The summed E-state index contributed by atoms with van der Waals surface area (Å²) in [6.07, 6.45) is 5.38. The number of unbranched alkanes of at least 4 members (excludes halogenated alkanes) is 3. The summed E-state index contributed by atoms with van der Waals surface area (Å²) in [5.41, 5.74) is 4.59. The van der Waals surface area contributed by atoms with E-state index in [4.69, 9.17) is 5.11 Å². The summed E-state index contributed by atoms with van der Waals surface area (Å²) in [7, 11) is 0. The number of carboxylic acid groups (broad SMARTS) is 1. The maximum atomic E-state index is 11.5. The summed E-state index contributed by atoms with van der Waals surface area (Å²) in [6.45, 7) is 1.99. The van der Waals surface area contributed by atoms with Gasteiger partial charge in [-0.2, -0.15) is 5.10 Å². The molecule has 2 N–H and O–H groups in total. The second kappa shape index (κ2) is 9.69. The quantitative estimate of drug-likeness (QED) is 0.417. The van der Waals surface area contributed by atoms with Gasteiger partial charge in [-0.1, -0.05) is 37.1 Å². The molecule has 0 bridgehead atoms. The Morgan fingerprint density at radius 2 is 1.81 bits per heavy atom. The van der Waals surface area contributed by atoms with Crippen molar-refractivity contribution in [3.63, 3.8) is 0 Å². The molecule has 0 atom stereocenters. The second-order valence-electron chi connectivity index (χ2n) is 4.96. The minimum Gasteiger partial charge on any atom is -0.481 e. The maximum absolute atomic E-state index is 11.5. The first-order valence-electron chi connectivity index (χ1n) is 7.19. The van der Waals surface area contributed by atoms with Crippen molar-refractivity contribution in [2.75, 3.05) is 0 Å². The lowest BCUT2D eigenvalue weighted by molar-refractivity contribution is -0.137. The molecule has 114 valence electrons. The molecule has 0 radical (unpaired) electrons. The van der Waals surface area contributed by atoms with Crippen LogP contribution in [0.4, 0.5) is 0 Å². The molecule has 21 heavy (non-hydrogen) atoms. The van der Waals surface area contributed by atoms with E-state index in [1.165, 1.54) is 0 Å². The molecule has 5 nitrogen and oxygen atoms in total. The Labute approximate surface area is 125 Å². The highest BCUT2D eigenvalue weighted by Crippen LogP contribution is 2.05. The molecule has 0 aromatic heterocycles. The molecule has 5 heteroatoms. The van der Waals surface area contributed by atoms with Crippen LogP contribution < -0.4 is 5.43 Å². The van der Waals surface area contributed by atoms with Gasteiger partial charge in [-0.15, -0.1) is 0 Å². The van der Waals surface area contributed by atoms with Crippen LogP contribution in [-0.2, 0) is 9.59 Å². The average molecular weight is 290 g/mol. The van der Waals surface area contributed by atoms with Gasteiger partial charge in [0.05, 0.1) is 6.21 Å². The lowest BCUT2D eigenvalue weighted by Gasteiger charge is -2.01. The zero-order valence-electron chi connectivity index (χ0n) is 12.3. The molecular weight excluding hydrogens is 268 g/mol. The number of hydrazone groups is 1. The van der Waals surface area contributed by atoms with Crippen molar-refractivity contribution in [2.45, 2.75) is 45.4 Å². The molecule has 0 fully saturated rings. The van der Waals surface area contributed by atoms with Crippen LogP contribution in [-0.4, -0.2) is 23.2 Å². The Morgan fingerprint density at radius 1 is 1.14 bits per heavy atom. The van der Waals surface area contributed by atoms with Crippen LogP contribution in [0.2, 0.25) is 0 Å². The number of rotatable bonds is 9. The first-order valence-corrected chi connectivity index (χ1v) is 7.19. The fourth-order valence-electron chi connectivity index (χ4n) is 1.88. The van der Waals surface area contributed by atoms with Gasteiger partial charge in [-0.25, -0.2) is 5.43 Å². The first-order chi connectivity index (χ1) is 10.1. The Balaban J connectivity index is 2.14. The predicted molar refractivity (Wildman–Crippen MR) is 82.3 cm³/mol. The second-order valence-corrected chi connectivity index (χ2v) is 4.96. The number of benzene rings is 1. The third kappa shape index (κ3) is 7.87. The molecule has 1 aromatic carbocycles. The Hall–Kier alpha value is -2.17. The average Bonchev–Trinajstić information content (AvgIpc) is 2.44. The van der Waals surface area contributed by atoms with Crippen LogP contribution in [0.15, 0.2) is 29.4 Å². The topological polar surface area (TPSA) is 78.8 Å². The summed E-state index contributed by atoms with van der Waals surface area (Å²) >= 11 is 0. The summed E-state index contributed by atoms with van der Waals surface area (Å²) in [4.78, 5) is 21.9. The lowest BCUT2D eigenvalue weighted by Crippen LogP contribution is -2.17. The molecule has 0 aliphatic rings. The van der Waals surface area contributed by atoms with Crippen LogP contribution in [0.25, 0.3) is 0 Å². The van der Waals surface area contributed by atoms with E-state index in [1.807, 2.05) is 31.2 Å². The smallest absolute Gasteiger partial charge is 0.303 e. The zero-order chi connectivity index (χ0) is 15.5. The van der Waals surface area contributed by atoms with E-state index < -0.39 is 5.97 Å². The van der Waals surface area contributed by atoms with E-state index in [9.17, 15) is 9.59 Å². The standard InChI is InChI=1S/C16H22N2O3/c1-13-8-6-7-9-14(13)12-17-18-15(19)10-4-2-3-5-11-16(20)21/h6-9,12H,2-5,10-11H2,1H3,(H,18,19)(H,20,21)/b17-12+. The SMILES string of the molecule is Cc1ccccc1/C=N/NC(=O)CCCCCCC(=O)O. The summed E-state index contributed by atoms with van der Waals surface area (Å²) < 4.78 is 0. The van der Waals surface area contributed by atoms with Gasteiger partial charge in [0.1, 0.15) is 0 Å². The van der Waals surface area contributed by atoms with Crippen molar-refractivity contribution in [1.82, 2.24) is 5.43 Å². The molecule has 0 heterocycles. The van der Waals surface area contributed by atoms with Gasteiger partial charge in [-0.3, -0.25) is 9.59 Å². The molecule has 0 saturated heterocycles. The van der Waals surface area contributed by atoms with Gasteiger partial charge in [0.15, 0.2) is 0 Å². The Kier molecular flexibility index (Phi) is 7.79. The Morgan fingerprint density at radius 3 is 2.48 bits per heavy atom. The van der Waals surface area contributed by atoms with Crippen LogP contribution in [0.3, 0.4) is 0 Å². The predicted octanol–water partition coefficient (Wildman–Crippen LogP) is 2.87. The molecule has 0 saturated carbocycles. The number of nitrogens with one attached hydrogen (secondary N) is 1. The van der Waals surface area contributed by atoms with E-state index in [0.29, 0.717) is 12.8 Å². The van der Waals surface area contributed by atoms with Gasteiger partial charge in [0.25, 0.3) is 0 Å². The summed E-state index contributed by atoms with van der Waals surface area (Å²) in [5, 5.41) is 12.4. The summed E-state index contributed by atoms with van der Waals surface area (Å²) in [5.74, 6) is -0.878. The van der Waals surface area contributed by atoms with Crippen molar-refractivity contribution >= 4 is 18.1 Å². The van der Waals surface area contributed by atoms with Crippen LogP contribution in [0.1, 0.15) is 49.7 Å². The molecule has 1 rings (SSSR count). The highest BCUT2D eigenvalue weighted by atomic mass is 16.4. The number of carbonyl (C=O) groups excluding carboxylic acids is 1. The number of carbonyl (C=O) groups is 2. The van der Waals surface area contributed by atoms with E-state index in [-0.39, 0.29) is 12.3 Å². The van der Waals surface area contributed by atoms with Crippen molar-refractivity contribution < 1.29 is 14.7 Å². The highest BCUT2D eigenvalue weighted by molar-refractivity contribution is 5.83.